The van der Waals surface area contributed by atoms with Crippen molar-refractivity contribution in [2.45, 2.75) is 13.8 Å². The van der Waals surface area contributed by atoms with Crippen LogP contribution in [0.5, 0.6) is 0 Å². The molecule has 0 atom stereocenters. The summed E-state index contributed by atoms with van der Waals surface area (Å²) in [5, 5.41) is 0. The van der Waals surface area contributed by atoms with Gasteiger partial charge in [0.15, 0.2) is 5.82 Å². The molecule has 0 aliphatic carbocycles. The third-order valence-corrected chi connectivity index (χ3v) is 2.58. The highest BCUT2D eigenvalue weighted by Crippen LogP contribution is 2.19. The molecule has 3 nitrogen and oxygen atoms in total. The van der Waals surface area contributed by atoms with Crippen molar-refractivity contribution in [2.24, 2.45) is 0 Å². The summed E-state index contributed by atoms with van der Waals surface area (Å²) in [7, 11) is 3.98. The first-order valence-electron chi connectivity index (χ1n) is 5.66. The molecule has 1 heterocycles. The average Bonchev–Trinajstić information content (AvgIpc) is 2.28. The number of benzene rings is 1. The lowest BCUT2D eigenvalue weighted by Gasteiger charge is -2.13. The van der Waals surface area contributed by atoms with E-state index in [0.29, 0.717) is 0 Å². The highest BCUT2D eigenvalue weighted by molar-refractivity contribution is 5.58. The topological polar surface area (TPSA) is 29.0 Å². The Bertz CT molecular complexity index is 533. The second kappa shape index (κ2) is 4.53. The zero-order valence-corrected chi connectivity index (χ0v) is 10.7. The number of nitrogens with zero attached hydrogens (tertiary/aromatic N) is 3. The number of aromatic nitrogens is 2. The summed E-state index contributed by atoms with van der Waals surface area (Å²) >= 11 is 0. The van der Waals surface area contributed by atoms with Gasteiger partial charge in [0.25, 0.3) is 0 Å². The van der Waals surface area contributed by atoms with Gasteiger partial charge in [-0.25, -0.2) is 9.97 Å². The largest absolute Gasteiger partial charge is 0.363 e. The molecule has 0 unspecified atom stereocenters. The van der Waals surface area contributed by atoms with E-state index in [4.69, 9.17) is 0 Å². The van der Waals surface area contributed by atoms with Crippen molar-refractivity contribution < 1.29 is 0 Å². The van der Waals surface area contributed by atoms with Crippen LogP contribution in [-0.4, -0.2) is 24.1 Å². The molecule has 0 spiro atoms. The first kappa shape index (κ1) is 11.6. The Morgan fingerprint density at radius 3 is 2.41 bits per heavy atom. The molecule has 0 radical (unpaired) electrons. The molecule has 0 bridgehead atoms. The maximum Gasteiger partial charge on any atom is 0.161 e. The third kappa shape index (κ3) is 2.61. The fourth-order valence-electron chi connectivity index (χ4n) is 1.69. The van der Waals surface area contributed by atoms with Crippen LogP contribution in [0.25, 0.3) is 11.4 Å². The lowest BCUT2D eigenvalue weighted by Crippen LogP contribution is -2.12. The van der Waals surface area contributed by atoms with Gasteiger partial charge in [0.1, 0.15) is 5.82 Å². The molecule has 2 rings (SSSR count). The van der Waals surface area contributed by atoms with Crippen LogP contribution in [0.1, 0.15) is 11.3 Å². The Balaban J connectivity index is 2.52. The molecule has 0 aliphatic heterocycles. The van der Waals surface area contributed by atoms with Crippen LogP contribution in [0.15, 0.2) is 30.3 Å². The van der Waals surface area contributed by atoms with Gasteiger partial charge in [0.2, 0.25) is 0 Å². The van der Waals surface area contributed by atoms with Crippen molar-refractivity contribution >= 4 is 5.82 Å². The summed E-state index contributed by atoms with van der Waals surface area (Å²) in [6, 6.07) is 10.2. The zero-order chi connectivity index (χ0) is 12.4. The van der Waals surface area contributed by atoms with E-state index in [1.54, 1.807) is 0 Å². The van der Waals surface area contributed by atoms with Crippen LogP contribution in [0, 0.1) is 13.8 Å². The van der Waals surface area contributed by atoms with E-state index in [2.05, 4.69) is 29.0 Å². The highest BCUT2D eigenvalue weighted by Gasteiger charge is 2.06. The summed E-state index contributed by atoms with van der Waals surface area (Å²) in [6.07, 6.45) is 0. The Morgan fingerprint density at radius 2 is 1.76 bits per heavy atom. The lowest BCUT2D eigenvalue weighted by atomic mass is 10.1. The molecule has 1 aromatic carbocycles. The smallest absolute Gasteiger partial charge is 0.161 e. The minimum atomic E-state index is 0.789. The fourth-order valence-corrected chi connectivity index (χ4v) is 1.69. The molecular weight excluding hydrogens is 210 g/mol. The van der Waals surface area contributed by atoms with E-state index in [-0.39, 0.29) is 0 Å². The van der Waals surface area contributed by atoms with Gasteiger partial charge in [-0.15, -0.1) is 0 Å². The maximum atomic E-state index is 4.56. The van der Waals surface area contributed by atoms with Gasteiger partial charge in [-0.1, -0.05) is 23.8 Å². The van der Waals surface area contributed by atoms with E-state index in [1.807, 2.05) is 44.1 Å². The summed E-state index contributed by atoms with van der Waals surface area (Å²) in [5.41, 5.74) is 3.27. The third-order valence-electron chi connectivity index (χ3n) is 2.58. The van der Waals surface area contributed by atoms with Gasteiger partial charge >= 0.3 is 0 Å². The Hall–Kier alpha value is -1.90. The molecule has 0 saturated carbocycles. The standard InChI is InChI=1S/C14H17N3/c1-10-6-5-7-12(8-10)14-15-11(2)9-13(16-14)17(3)4/h5-9H,1-4H3. The van der Waals surface area contributed by atoms with Crippen LogP contribution in [0.3, 0.4) is 0 Å². The monoisotopic (exact) mass is 227 g/mol. The number of anilines is 1. The van der Waals surface area contributed by atoms with Crippen LogP contribution in [0.2, 0.25) is 0 Å². The Kier molecular flexibility index (Phi) is 3.09. The number of rotatable bonds is 2. The van der Waals surface area contributed by atoms with Crippen LogP contribution in [-0.2, 0) is 0 Å². The van der Waals surface area contributed by atoms with E-state index in [1.165, 1.54) is 5.56 Å². The lowest BCUT2D eigenvalue weighted by molar-refractivity contribution is 1.02. The highest BCUT2D eigenvalue weighted by atomic mass is 15.1. The van der Waals surface area contributed by atoms with Gasteiger partial charge in [0, 0.05) is 31.4 Å². The predicted molar refractivity (Wildman–Crippen MR) is 71.3 cm³/mol. The van der Waals surface area contributed by atoms with E-state index >= 15 is 0 Å². The van der Waals surface area contributed by atoms with Gasteiger partial charge < -0.3 is 4.90 Å². The molecule has 0 aliphatic rings. The van der Waals surface area contributed by atoms with Crippen molar-refractivity contribution in [1.82, 2.24) is 9.97 Å². The molecule has 0 fully saturated rings. The molecule has 0 saturated heterocycles. The second-order valence-electron chi connectivity index (χ2n) is 4.46. The van der Waals surface area contributed by atoms with Crippen molar-refractivity contribution in [3.05, 3.63) is 41.6 Å². The molecular formula is C14H17N3. The molecule has 3 heteroatoms. The zero-order valence-electron chi connectivity index (χ0n) is 10.7. The minimum absolute atomic E-state index is 0.789. The van der Waals surface area contributed by atoms with Crippen LogP contribution >= 0.6 is 0 Å². The molecule has 1 aromatic heterocycles. The van der Waals surface area contributed by atoms with Crippen LogP contribution < -0.4 is 4.90 Å². The Morgan fingerprint density at radius 1 is 1.00 bits per heavy atom. The number of hydrogen-bond acceptors (Lipinski definition) is 3. The fraction of sp³-hybridized carbons (Fsp3) is 0.286. The normalized spacial score (nSPS) is 10.4. The predicted octanol–water partition coefficient (Wildman–Crippen LogP) is 2.83. The summed E-state index contributed by atoms with van der Waals surface area (Å²) in [5.74, 6) is 1.73. The average molecular weight is 227 g/mol. The molecule has 0 amide bonds. The van der Waals surface area contributed by atoms with E-state index in [9.17, 15) is 0 Å². The van der Waals surface area contributed by atoms with Gasteiger partial charge in [-0.3, -0.25) is 0 Å². The van der Waals surface area contributed by atoms with E-state index in [0.717, 1.165) is 22.9 Å². The number of aryl methyl sites for hydroxylation is 2. The SMILES string of the molecule is Cc1cccc(-c2nc(C)cc(N(C)C)n2)c1. The minimum Gasteiger partial charge on any atom is -0.363 e. The van der Waals surface area contributed by atoms with Crippen molar-refractivity contribution in [1.29, 1.82) is 0 Å². The van der Waals surface area contributed by atoms with Gasteiger partial charge in [-0.05, 0) is 19.9 Å². The maximum absolute atomic E-state index is 4.56. The first-order chi connectivity index (χ1) is 8.06. The summed E-state index contributed by atoms with van der Waals surface area (Å²) in [4.78, 5) is 11.0. The van der Waals surface area contributed by atoms with Gasteiger partial charge in [0.05, 0.1) is 0 Å². The van der Waals surface area contributed by atoms with Crippen molar-refractivity contribution in [3.63, 3.8) is 0 Å². The second-order valence-corrected chi connectivity index (χ2v) is 4.46. The van der Waals surface area contributed by atoms with E-state index < -0.39 is 0 Å². The van der Waals surface area contributed by atoms with Crippen molar-refractivity contribution in [3.8, 4) is 11.4 Å². The molecule has 0 N–H and O–H groups in total. The van der Waals surface area contributed by atoms with Crippen LogP contribution in [0.4, 0.5) is 5.82 Å². The summed E-state index contributed by atoms with van der Waals surface area (Å²) in [6.45, 7) is 4.07. The molecule has 17 heavy (non-hydrogen) atoms. The van der Waals surface area contributed by atoms with Gasteiger partial charge in [-0.2, -0.15) is 0 Å². The first-order valence-corrected chi connectivity index (χ1v) is 5.66. The Labute approximate surface area is 102 Å². The van der Waals surface area contributed by atoms with Crippen molar-refractivity contribution in [2.75, 3.05) is 19.0 Å². The summed E-state index contributed by atoms with van der Waals surface area (Å²) < 4.78 is 0. The quantitative estimate of drug-likeness (QED) is 0.790. The number of hydrogen-bond donors (Lipinski definition) is 0. The molecule has 88 valence electrons. The molecule has 2 aromatic rings.